The third-order valence-electron chi connectivity index (χ3n) is 4.79. The number of nitrogens with zero attached hydrogens (tertiary/aromatic N) is 3. The van der Waals surface area contributed by atoms with Crippen molar-refractivity contribution in [3.63, 3.8) is 0 Å². The second-order valence-corrected chi connectivity index (χ2v) is 6.32. The van der Waals surface area contributed by atoms with Crippen LogP contribution in [0.1, 0.15) is 28.6 Å². The Kier molecular flexibility index (Phi) is 2.77. The van der Waals surface area contributed by atoms with Gasteiger partial charge in [-0.1, -0.05) is 12.1 Å². The second-order valence-electron chi connectivity index (χ2n) is 6.32. The van der Waals surface area contributed by atoms with Gasteiger partial charge in [-0.3, -0.25) is 5.10 Å². The van der Waals surface area contributed by atoms with E-state index in [1.807, 2.05) is 38.1 Å². The predicted molar refractivity (Wildman–Crippen MR) is 91.1 cm³/mol. The standard InChI is InChI=1S/C18H15N5O2/c1-8-13-15(14-12(7-25-18(14)24)21-17(13)23-22-8)16-9(2)19-10-5-3-4-6-11(10)20-16/h3-6,15H,7H2,1-2H3,(H2,21,22,23)/t15-/m0/s1. The van der Waals surface area contributed by atoms with Gasteiger partial charge in [-0.25, -0.2) is 14.8 Å². The molecule has 2 aliphatic rings. The monoisotopic (exact) mass is 333 g/mol. The van der Waals surface area contributed by atoms with E-state index in [0.717, 1.165) is 39.4 Å². The first-order valence-electron chi connectivity index (χ1n) is 8.09. The second kappa shape index (κ2) is 4.89. The Labute approximate surface area is 143 Å². The molecule has 1 aromatic carbocycles. The maximum absolute atomic E-state index is 12.4. The van der Waals surface area contributed by atoms with Crippen LogP contribution in [0, 0.1) is 13.8 Å². The quantitative estimate of drug-likeness (QED) is 0.664. The number of aromatic amines is 1. The van der Waals surface area contributed by atoms with E-state index in [1.54, 1.807) is 0 Å². The molecule has 0 bridgehead atoms. The number of nitrogens with one attached hydrogen (secondary N) is 2. The third kappa shape index (κ3) is 1.92. The van der Waals surface area contributed by atoms with Crippen molar-refractivity contribution >= 4 is 22.8 Å². The Morgan fingerprint density at radius 3 is 2.72 bits per heavy atom. The van der Waals surface area contributed by atoms with E-state index in [-0.39, 0.29) is 18.5 Å². The number of anilines is 1. The van der Waals surface area contributed by atoms with Crippen molar-refractivity contribution in [1.29, 1.82) is 0 Å². The number of hydrogen-bond acceptors (Lipinski definition) is 6. The maximum atomic E-state index is 12.4. The Morgan fingerprint density at radius 2 is 1.92 bits per heavy atom. The number of aryl methyl sites for hydroxylation is 2. The molecule has 0 amide bonds. The highest BCUT2D eigenvalue weighted by molar-refractivity contribution is 5.97. The number of benzene rings is 1. The minimum Gasteiger partial charge on any atom is -0.456 e. The van der Waals surface area contributed by atoms with Crippen LogP contribution in [0.3, 0.4) is 0 Å². The lowest BCUT2D eigenvalue weighted by atomic mass is 9.84. The van der Waals surface area contributed by atoms with Gasteiger partial charge in [0.2, 0.25) is 0 Å². The number of esters is 1. The lowest BCUT2D eigenvalue weighted by Gasteiger charge is -2.24. The molecular weight excluding hydrogens is 318 g/mol. The van der Waals surface area contributed by atoms with Crippen LogP contribution in [0.4, 0.5) is 5.82 Å². The van der Waals surface area contributed by atoms with Gasteiger partial charge in [-0.15, -0.1) is 0 Å². The summed E-state index contributed by atoms with van der Waals surface area (Å²) < 4.78 is 5.26. The minimum absolute atomic E-state index is 0.232. The van der Waals surface area contributed by atoms with Crippen molar-refractivity contribution in [2.75, 3.05) is 11.9 Å². The van der Waals surface area contributed by atoms with E-state index in [1.165, 1.54) is 0 Å². The first-order chi connectivity index (χ1) is 12.1. The lowest BCUT2D eigenvalue weighted by Crippen LogP contribution is -2.21. The van der Waals surface area contributed by atoms with E-state index in [9.17, 15) is 4.79 Å². The summed E-state index contributed by atoms with van der Waals surface area (Å²) in [5, 5.41) is 10.5. The number of carbonyl (C=O) groups excluding carboxylic acids is 1. The largest absolute Gasteiger partial charge is 0.456 e. The Hall–Kier alpha value is -3.22. The van der Waals surface area contributed by atoms with Gasteiger partial charge >= 0.3 is 5.97 Å². The molecule has 2 N–H and O–H groups in total. The molecule has 4 heterocycles. The summed E-state index contributed by atoms with van der Waals surface area (Å²) in [4.78, 5) is 21.9. The number of para-hydroxylation sites is 2. The van der Waals surface area contributed by atoms with Crippen LogP contribution < -0.4 is 5.32 Å². The third-order valence-corrected chi connectivity index (χ3v) is 4.79. The molecule has 0 spiro atoms. The zero-order valence-electron chi connectivity index (χ0n) is 13.8. The van der Waals surface area contributed by atoms with Gasteiger partial charge in [0.05, 0.1) is 39.6 Å². The predicted octanol–water partition coefficient (Wildman–Crippen LogP) is 2.34. The van der Waals surface area contributed by atoms with Crippen LogP contribution in [0.15, 0.2) is 35.5 Å². The van der Waals surface area contributed by atoms with Gasteiger partial charge in [0, 0.05) is 11.3 Å². The van der Waals surface area contributed by atoms with Gasteiger partial charge < -0.3 is 10.1 Å². The van der Waals surface area contributed by atoms with Gasteiger partial charge in [0.25, 0.3) is 0 Å². The molecule has 0 fully saturated rings. The zero-order chi connectivity index (χ0) is 17.1. The highest BCUT2D eigenvalue weighted by atomic mass is 16.5. The Morgan fingerprint density at radius 1 is 1.16 bits per heavy atom. The molecule has 2 aromatic heterocycles. The summed E-state index contributed by atoms with van der Waals surface area (Å²) in [6.07, 6.45) is 0. The van der Waals surface area contributed by atoms with Gasteiger partial charge in [0.15, 0.2) is 5.82 Å². The summed E-state index contributed by atoms with van der Waals surface area (Å²) in [6.45, 7) is 4.10. The minimum atomic E-state index is -0.336. The van der Waals surface area contributed by atoms with E-state index < -0.39 is 0 Å². The van der Waals surface area contributed by atoms with Crippen LogP contribution in [-0.4, -0.2) is 32.7 Å². The molecule has 0 unspecified atom stereocenters. The number of carbonyl (C=O) groups is 1. The molecule has 1 atom stereocenters. The SMILES string of the molecule is Cc1nc2ccccc2nc1[C@@H]1C2=C(COC2=O)Nc2n[nH]c(C)c21. The number of rotatable bonds is 1. The summed E-state index contributed by atoms with van der Waals surface area (Å²) in [7, 11) is 0. The van der Waals surface area contributed by atoms with Gasteiger partial charge in [-0.2, -0.15) is 5.10 Å². The number of fused-ring (bicyclic) bond motifs is 2. The molecule has 0 saturated carbocycles. The highest BCUT2D eigenvalue weighted by Crippen LogP contribution is 2.44. The molecule has 124 valence electrons. The summed E-state index contributed by atoms with van der Waals surface area (Å²) >= 11 is 0. The number of aromatic nitrogens is 4. The number of H-pyrrole nitrogens is 1. The molecule has 2 aliphatic heterocycles. The number of hydrogen-bond donors (Lipinski definition) is 2. The van der Waals surface area contributed by atoms with Gasteiger partial charge in [-0.05, 0) is 26.0 Å². The topological polar surface area (TPSA) is 92.8 Å². The van der Waals surface area contributed by atoms with Gasteiger partial charge in [0.1, 0.15) is 6.61 Å². The molecule has 3 aromatic rings. The first kappa shape index (κ1) is 14.2. The average molecular weight is 333 g/mol. The van der Waals surface area contributed by atoms with Crippen LogP contribution in [-0.2, 0) is 9.53 Å². The van der Waals surface area contributed by atoms with Crippen molar-refractivity contribution in [3.05, 3.63) is 58.2 Å². The van der Waals surface area contributed by atoms with Crippen molar-refractivity contribution in [1.82, 2.24) is 20.2 Å². The first-order valence-corrected chi connectivity index (χ1v) is 8.09. The fourth-order valence-corrected chi connectivity index (χ4v) is 3.63. The molecule has 25 heavy (non-hydrogen) atoms. The molecule has 7 nitrogen and oxygen atoms in total. The number of ether oxygens (including phenoxy) is 1. The van der Waals surface area contributed by atoms with E-state index in [0.29, 0.717) is 11.4 Å². The Bertz CT molecular complexity index is 1080. The lowest BCUT2D eigenvalue weighted by molar-refractivity contribution is -0.136. The smallest absolute Gasteiger partial charge is 0.337 e. The normalized spacial score (nSPS) is 18.8. The highest BCUT2D eigenvalue weighted by Gasteiger charge is 2.42. The summed E-state index contributed by atoms with van der Waals surface area (Å²) in [5.74, 6) is 0.0686. The molecule has 0 radical (unpaired) electrons. The summed E-state index contributed by atoms with van der Waals surface area (Å²) in [5.41, 5.74) is 6.37. The molecular formula is C18H15N5O2. The average Bonchev–Trinajstić information content (AvgIpc) is 3.16. The van der Waals surface area contributed by atoms with Crippen LogP contribution in [0.5, 0.6) is 0 Å². The van der Waals surface area contributed by atoms with Crippen molar-refractivity contribution in [2.24, 2.45) is 0 Å². The maximum Gasteiger partial charge on any atom is 0.337 e. The zero-order valence-corrected chi connectivity index (χ0v) is 13.8. The van der Waals surface area contributed by atoms with E-state index >= 15 is 0 Å². The summed E-state index contributed by atoms with van der Waals surface area (Å²) in [6, 6.07) is 7.73. The van der Waals surface area contributed by atoms with Crippen LogP contribution in [0.25, 0.3) is 11.0 Å². The van der Waals surface area contributed by atoms with E-state index in [4.69, 9.17) is 9.72 Å². The van der Waals surface area contributed by atoms with Crippen LogP contribution in [0.2, 0.25) is 0 Å². The van der Waals surface area contributed by atoms with Crippen molar-refractivity contribution in [3.8, 4) is 0 Å². The molecule has 5 rings (SSSR count). The van der Waals surface area contributed by atoms with E-state index in [2.05, 4.69) is 20.5 Å². The molecule has 7 heteroatoms. The van der Waals surface area contributed by atoms with Crippen molar-refractivity contribution in [2.45, 2.75) is 19.8 Å². The van der Waals surface area contributed by atoms with Crippen molar-refractivity contribution < 1.29 is 9.53 Å². The Balaban J connectivity index is 1.81. The fourth-order valence-electron chi connectivity index (χ4n) is 3.63. The number of cyclic esters (lactones) is 1. The molecule has 0 aliphatic carbocycles. The fraction of sp³-hybridized carbons (Fsp3) is 0.222. The molecule has 0 saturated heterocycles. The van der Waals surface area contributed by atoms with Crippen LogP contribution >= 0.6 is 0 Å².